The SMILES string of the molecule is Cc1nn(C)c(C)c1/C(O)=C1\C(=O)C(=O)N(CCCn2ccnc2)[C@@H]1c1ccc(Cl)cc1. The summed E-state index contributed by atoms with van der Waals surface area (Å²) in [4.78, 5) is 31.7. The van der Waals surface area contributed by atoms with Gasteiger partial charge in [-0.1, -0.05) is 23.7 Å². The fraction of sp³-hybridized carbons (Fsp3) is 0.304. The molecular formula is C23H24ClN5O3. The van der Waals surface area contributed by atoms with Gasteiger partial charge in [-0.25, -0.2) is 4.98 Å². The molecule has 0 radical (unpaired) electrons. The number of carbonyl (C=O) groups is 2. The van der Waals surface area contributed by atoms with Crippen molar-refractivity contribution in [2.75, 3.05) is 6.54 Å². The van der Waals surface area contributed by atoms with Crippen LogP contribution in [-0.4, -0.2) is 47.6 Å². The molecule has 1 fully saturated rings. The number of aromatic nitrogens is 4. The highest BCUT2D eigenvalue weighted by molar-refractivity contribution is 6.46. The molecule has 1 amide bonds. The molecule has 0 unspecified atom stereocenters. The van der Waals surface area contributed by atoms with E-state index < -0.39 is 17.7 Å². The second-order valence-corrected chi connectivity index (χ2v) is 8.30. The predicted molar refractivity (Wildman–Crippen MR) is 120 cm³/mol. The van der Waals surface area contributed by atoms with Crippen LogP contribution in [0.5, 0.6) is 0 Å². The van der Waals surface area contributed by atoms with Gasteiger partial charge in [-0.05, 0) is 38.0 Å². The van der Waals surface area contributed by atoms with Crippen molar-refractivity contribution in [3.8, 4) is 0 Å². The second kappa shape index (κ2) is 8.63. The lowest BCUT2D eigenvalue weighted by Gasteiger charge is -2.25. The number of Topliss-reactive ketones (excluding diaryl/α,β-unsaturated/α-hetero) is 1. The van der Waals surface area contributed by atoms with Crippen LogP contribution >= 0.6 is 11.6 Å². The lowest BCUT2D eigenvalue weighted by Crippen LogP contribution is -2.31. The molecule has 3 aromatic rings. The van der Waals surface area contributed by atoms with Crippen LogP contribution in [0.1, 0.15) is 35.0 Å². The molecule has 1 aliphatic rings. The Morgan fingerprint density at radius 2 is 1.88 bits per heavy atom. The van der Waals surface area contributed by atoms with Gasteiger partial charge in [-0.3, -0.25) is 14.3 Å². The Kier molecular flexibility index (Phi) is 5.88. The highest BCUT2D eigenvalue weighted by atomic mass is 35.5. The number of hydrogen-bond donors (Lipinski definition) is 1. The maximum atomic E-state index is 13.1. The third-order valence-corrected chi connectivity index (χ3v) is 6.10. The number of benzene rings is 1. The van der Waals surface area contributed by atoms with Crippen molar-refractivity contribution in [2.24, 2.45) is 7.05 Å². The number of nitrogens with zero attached hydrogens (tertiary/aromatic N) is 5. The lowest BCUT2D eigenvalue weighted by atomic mass is 9.94. The molecule has 1 aromatic carbocycles. The van der Waals surface area contributed by atoms with Gasteiger partial charge in [0.05, 0.1) is 29.2 Å². The minimum absolute atomic E-state index is 0.0687. The van der Waals surface area contributed by atoms with Crippen molar-refractivity contribution in [3.05, 3.63) is 76.1 Å². The Morgan fingerprint density at radius 3 is 2.47 bits per heavy atom. The van der Waals surface area contributed by atoms with Crippen molar-refractivity contribution in [1.29, 1.82) is 0 Å². The third-order valence-electron chi connectivity index (χ3n) is 5.85. The molecular weight excluding hydrogens is 430 g/mol. The van der Waals surface area contributed by atoms with Gasteiger partial charge in [0.25, 0.3) is 11.7 Å². The van der Waals surface area contributed by atoms with Crippen molar-refractivity contribution >= 4 is 29.1 Å². The quantitative estimate of drug-likeness (QED) is 0.351. The molecule has 1 N–H and O–H groups in total. The number of amides is 1. The van der Waals surface area contributed by atoms with Gasteiger partial charge in [0.1, 0.15) is 5.76 Å². The molecule has 0 bridgehead atoms. The predicted octanol–water partition coefficient (Wildman–Crippen LogP) is 3.40. The number of aliphatic hydroxyl groups is 1. The van der Waals surface area contributed by atoms with E-state index in [1.165, 1.54) is 4.90 Å². The minimum Gasteiger partial charge on any atom is -0.507 e. The summed E-state index contributed by atoms with van der Waals surface area (Å²) >= 11 is 6.06. The van der Waals surface area contributed by atoms with Crippen LogP contribution in [-0.2, 0) is 23.2 Å². The van der Waals surface area contributed by atoms with Crippen molar-refractivity contribution in [3.63, 3.8) is 0 Å². The Balaban J connectivity index is 1.77. The average molecular weight is 454 g/mol. The second-order valence-electron chi connectivity index (χ2n) is 7.87. The molecule has 2 aromatic heterocycles. The van der Waals surface area contributed by atoms with Gasteiger partial charge in [-0.15, -0.1) is 0 Å². The van der Waals surface area contributed by atoms with Crippen LogP contribution in [0.25, 0.3) is 5.76 Å². The molecule has 32 heavy (non-hydrogen) atoms. The summed E-state index contributed by atoms with van der Waals surface area (Å²) in [5.74, 6) is -1.53. The van der Waals surface area contributed by atoms with Crippen molar-refractivity contribution in [1.82, 2.24) is 24.2 Å². The molecule has 166 valence electrons. The third kappa shape index (κ3) is 3.82. The first-order chi connectivity index (χ1) is 15.3. The number of imidazole rings is 1. The zero-order valence-electron chi connectivity index (χ0n) is 18.1. The van der Waals surface area contributed by atoms with Gasteiger partial charge >= 0.3 is 0 Å². The van der Waals surface area contributed by atoms with E-state index in [0.717, 1.165) is 0 Å². The molecule has 4 rings (SSSR count). The largest absolute Gasteiger partial charge is 0.507 e. The Hall–Kier alpha value is -3.39. The zero-order chi connectivity index (χ0) is 23.0. The maximum absolute atomic E-state index is 13.1. The summed E-state index contributed by atoms with van der Waals surface area (Å²) in [6, 6.07) is 6.26. The molecule has 0 spiro atoms. The van der Waals surface area contributed by atoms with Crippen LogP contribution in [0, 0.1) is 13.8 Å². The van der Waals surface area contributed by atoms with E-state index >= 15 is 0 Å². The van der Waals surface area contributed by atoms with Crippen LogP contribution in [0.3, 0.4) is 0 Å². The van der Waals surface area contributed by atoms with Crippen LogP contribution < -0.4 is 0 Å². The first-order valence-electron chi connectivity index (χ1n) is 10.3. The van der Waals surface area contributed by atoms with Crippen LogP contribution in [0.15, 0.2) is 48.6 Å². The first kappa shape index (κ1) is 21.8. The van der Waals surface area contributed by atoms with Crippen molar-refractivity contribution in [2.45, 2.75) is 32.9 Å². The lowest BCUT2D eigenvalue weighted by molar-refractivity contribution is -0.139. The van der Waals surface area contributed by atoms with E-state index in [1.54, 1.807) is 55.4 Å². The summed E-state index contributed by atoms with van der Waals surface area (Å²) < 4.78 is 3.55. The van der Waals surface area contributed by atoms with Crippen LogP contribution in [0.4, 0.5) is 0 Å². The molecule has 9 heteroatoms. The summed E-state index contributed by atoms with van der Waals surface area (Å²) in [6.45, 7) is 4.57. The Morgan fingerprint density at radius 1 is 1.16 bits per heavy atom. The summed E-state index contributed by atoms with van der Waals surface area (Å²) in [5, 5.41) is 16.1. The molecule has 1 saturated heterocycles. The van der Waals surface area contributed by atoms with Gasteiger partial charge in [0, 0.05) is 43.2 Å². The van der Waals surface area contributed by atoms with Gasteiger partial charge in [-0.2, -0.15) is 5.10 Å². The van der Waals surface area contributed by atoms with Crippen molar-refractivity contribution < 1.29 is 14.7 Å². The molecule has 1 atom stereocenters. The van der Waals surface area contributed by atoms with E-state index in [1.807, 2.05) is 17.7 Å². The molecule has 0 aliphatic carbocycles. The van der Waals surface area contributed by atoms with E-state index in [2.05, 4.69) is 10.1 Å². The van der Waals surface area contributed by atoms with Gasteiger partial charge in [0.15, 0.2) is 0 Å². The Labute approximate surface area is 190 Å². The van der Waals surface area contributed by atoms with E-state index in [-0.39, 0.29) is 11.3 Å². The number of carbonyl (C=O) groups excluding carboxylic acids is 2. The van der Waals surface area contributed by atoms with E-state index in [0.29, 0.717) is 47.0 Å². The topological polar surface area (TPSA) is 93.2 Å². The van der Waals surface area contributed by atoms with Crippen LogP contribution in [0.2, 0.25) is 5.02 Å². The monoisotopic (exact) mass is 453 g/mol. The number of rotatable bonds is 6. The molecule has 0 saturated carbocycles. The Bertz CT molecular complexity index is 1200. The minimum atomic E-state index is -0.714. The van der Waals surface area contributed by atoms with Gasteiger partial charge < -0.3 is 14.6 Å². The zero-order valence-corrected chi connectivity index (χ0v) is 18.9. The smallest absolute Gasteiger partial charge is 0.295 e. The number of ketones is 1. The van der Waals surface area contributed by atoms with E-state index in [9.17, 15) is 14.7 Å². The number of hydrogen-bond acceptors (Lipinski definition) is 5. The first-order valence-corrected chi connectivity index (χ1v) is 10.7. The summed E-state index contributed by atoms with van der Waals surface area (Å²) in [7, 11) is 1.77. The van der Waals surface area contributed by atoms with Gasteiger partial charge in [0.2, 0.25) is 0 Å². The number of aryl methyl sites for hydroxylation is 3. The highest BCUT2D eigenvalue weighted by Gasteiger charge is 2.46. The number of likely N-dealkylation sites (tertiary alicyclic amines) is 1. The molecule has 8 nitrogen and oxygen atoms in total. The normalized spacial score (nSPS) is 18.0. The highest BCUT2D eigenvalue weighted by Crippen LogP contribution is 2.40. The number of halogens is 1. The fourth-order valence-electron chi connectivity index (χ4n) is 4.20. The fourth-order valence-corrected chi connectivity index (χ4v) is 4.32. The number of aliphatic hydroxyl groups excluding tert-OH is 1. The molecule has 3 heterocycles. The summed E-state index contributed by atoms with van der Waals surface area (Å²) in [5.41, 5.74) is 2.55. The standard InChI is InChI=1S/C23H24ClN5O3/c1-14-18(15(2)27(3)26-14)21(30)19-20(16-5-7-17(24)8-6-16)29(23(32)22(19)31)11-4-10-28-12-9-25-13-28/h5-9,12-13,20,30H,4,10-11H2,1-3H3/b21-19+/t20-/m1/s1. The maximum Gasteiger partial charge on any atom is 0.295 e. The molecule has 1 aliphatic heterocycles. The average Bonchev–Trinajstić information content (AvgIpc) is 3.43. The summed E-state index contributed by atoms with van der Waals surface area (Å²) in [6.07, 6.45) is 5.87. The van der Waals surface area contributed by atoms with E-state index in [4.69, 9.17) is 11.6 Å².